The van der Waals surface area contributed by atoms with E-state index >= 15 is 0 Å². The number of hydrogen-bond donors (Lipinski definition) is 3. The summed E-state index contributed by atoms with van der Waals surface area (Å²) in [7, 11) is 0. The molecule has 2 aliphatic heterocycles. The molecule has 2 aliphatic rings. The van der Waals surface area contributed by atoms with Gasteiger partial charge in [-0.2, -0.15) is 0 Å². The Hall–Kier alpha value is -2.45. The molecule has 8 heteroatoms. The predicted octanol–water partition coefficient (Wildman–Crippen LogP) is 1.02. The highest BCUT2D eigenvalue weighted by atomic mass is 16.5. The Kier molecular flexibility index (Phi) is 4.60. The Morgan fingerprint density at radius 3 is 2.96 bits per heavy atom. The van der Waals surface area contributed by atoms with Crippen molar-refractivity contribution in [3.63, 3.8) is 0 Å². The maximum absolute atomic E-state index is 11.8. The Morgan fingerprint density at radius 1 is 1.38 bits per heavy atom. The molecular weight excluding hydrogens is 334 g/mol. The van der Waals surface area contributed by atoms with Crippen molar-refractivity contribution in [1.29, 1.82) is 0 Å². The number of carbonyl (C=O) groups excluding carboxylic acids is 1. The van der Waals surface area contributed by atoms with Crippen LogP contribution < -0.4 is 5.32 Å². The van der Waals surface area contributed by atoms with E-state index in [2.05, 4.69) is 26.8 Å². The summed E-state index contributed by atoms with van der Waals surface area (Å²) in [5.41, 5.74) is 1.95. The molecule has 4 heterocycles. The van der Waals surface area contributed by atoms with Crippen LogP contribution in [0.4, 0.5) is 5.82 Å². The number of aliphatic hydroxyl groups is 1. The number of nitrogens with one attached hydrogen (secondary N) is 2. The van der Waals surface area contributed by atoms with Gasteiger partial charge in [-0.3, -0.25) is 4.79 Å². The lowest BCUT2D eigenvalue weighted by molar-refractivity contribution is -0.125. The standard InChI is InChI=1S/C18H23N5O3/c1-2-15(25)23-8-13(14(24)9-23)22-18-16-12(11-3-5-26-6-4-11)7-19-17(16)20-10-21-18/h2,7,10-11,13-14,24H,1,3-6,8-9H2,(H2,19,20,21,22)/t13-,14-/m0/s1. The van der Waals surface area contributed by atoms with Crippen molar-refractivity contribution in [3.05, 3.63) is 30.7 Å². The minimum atomic E-state index is -0.658. The Bertz CT molecular complexity index is 814. The molecule has 2 saturated heterocycles. The number of amides is 1. The van der Waals surface area contributed by atoms with Crippen LogP contribution in [0.5, 0.6) is 0 Å². The zero-order valence-corrected chi connectivity index (χ0v) is 14.5. The highest BCUT2D eigenvalue weighted by Gasteiger charge is 2.34. The number of H-pyrrole nitrogens is 1. The third kappa shape index (κ3) is 3.06. The van der Waals surface area contributed by atoms with Crippen molar-refractivity contribution in [2.24, 2.45) is 0 Å². The molecule has 138 valence electrons. The van der Waals surface area contributed by atoms with Crippen LogP contribution >= 0.6 is 0 Å². The second-order valence-corrected chi connectivity index (χ2v) is 6.84. The van der Waals surface area contributed by atoms with Crippen LogP contribution in [-0.4, -0.2) is 69.3 Å². The van der Waals surface area contributed by atoms with Crippen molar-refractivity contribution in [2.75, 3.05) is 31.6 Å². The van der Waals surface area contributed by atoms with Crippen LogP contribution in [0.3, 0.4) is 0 Å². The van der Waals surface area contributed by atoms with E-state index in [-0.39, 0.29) is 18.5 Å². The molecule has 0 bridgehead atoms. The number of anilines is 1. The van der Waals surface area contributed by atoms with Crippen molar-refractivity contribution in [1.82, 2.24) is 19.9 Å². The normalized spacial score (nSPS) is 24.1. The molecule has 8 nitrogen and oxygen atoms in total. The maximum Gasteiger partial charge on any atom is 0.246 e. The van der Waals surface area contributed by atoms with Gasteiger partial charge in [0.15, 0.2) is 0 Å². The zero-order chi connectivity index (χ0) is 18.1. The first-order valence-corrected chi connectivity index (χ1v) is 8.93. The van der Waals surface area contributed by atoms with E-state index in [1.807, 2.05) is 6.20 Å². The van der Waals surface area contributed by atoms with E-state index in [1.54, 1.807) is 4.90 Å². The van der Waals surface area contributed by atoms with Gasteiger partial charge in [-0.25, -0.2) is 9.97 Å². The molecule has 2 fully saturated rings. The van der Waals surface area contributed by atoms with Gasteiger partial charge in [0.2, 0.25) is 5.91 Å². The summed E-state index contributed by atoms with van der Waals surface area (Å²) in [4.78, 5) is 25.4. The van der Waals surface area contributed by atoms with Gasteiger partial charge in [-0.15, -0.1) is 0 Å². The minimum absolute atomic E-state index is 0.175. The second-order valence-electron chi connectivity index (χ2n) is 6.84. The minimum Gasteiger partial charge on any atom is -0.389 e. The quantitative estimate of drug-likeness (QED) is 0.706. The fourth-order valence-electron chi connectivity index (χ4n) is 3.84. The third-order valence-corrected chi connectivity index (χ3v) is 5.26. The second kappa shape index (κ2) is 7.05. The van der Waals surface area contributed by atoms with Gasteiger partial charge >= 0.3 is 0 Å². The average Bonchev–Trinajstić information content (AvgIpc) is 3.26. The lowest BCUT2D eigenvalue weighted by Crippen LogP contribution is -2.33. The summed E-state index contributed by atoms with van der Waals surface area (Å²) in [6.45, 7) is 5.72. The van der Waals surface area contributed by atoms with Gasteiger partial charge in [0.1, 0.15) is 17.8 Å². The summed E-state index contributed by atoms with van der Waals surface area (Å²) in [5.74, 6) is 0.914. The van der Waals surface area contributed by atoms with Gasteiger partial charge in [0.25, 0.3) is 0 Å². The summed E-state index contributed by atoms with van der Waals surface area (Å²) >= 11 is 0. The van der Waals surface area contributed by atoms with Gasteiger partial charge in [0, 0.05) is 32.5 Å². The number of carbonyl (C=O) groups is 1. The molecule has 2 aromatic rings. The lowest BCUT2D eigenvalue weighted by Gasteiger charge is -2.23. The SMILES string of the molecule is C=CC(=O)N1C[C@H](Nc2ncnc3[nH]cc(C4CCOCC4)c23)[C@@H](O)C1. The molecule has 0 saturated carbocycles. The molecule has 3 N–H and O–H groups in total. The zero-order valence-electron chi connectivity index (χ0n) is 14.5. The van der Waals surface area contributed by atoms with Crippen LogP contribution in [0.1, 0.15) is 24.3 Å². The maximum atomic E-state index is 11.8. The number of aromatic nitrogens is 3. The summed E-state index contributed by atoms with van der Waals surface area (Å²) < 4.78 is 5.47. The van der Waals surface area contributed by atoms with Gasteiger partial charge in [0.05, 0.1) is 17.5 Å². The topological polar surface area (TPSA) is 103 Å². The molecule has 26 heavy (non-hydrogen) atoms. The van der Waals surface area contributed by atoms with Crippen LogP contribution in [0.15, 0.2) is 25.2 Å². The molecule has 0 radical (unpaired) electrons. The molecule has 0 aliphatic carbocycles. The third-order valence-electron chi connectivity index (χ3n) is 5.26. The van der Waals surface area contributed by atoms with Crippen molar-refractivity contribution < 1.29 is 14.6 Å². The predicted molar refractivity (Wildman–Crippen MR) is 96.9 cm³/mol. The number of fused-ring (bicyclic) bond motifs is 1. The number of nitrogens with zero attached hydrogens (tertiary/aromatic N) is 3. The Morgan fingerprint density at radius 2 is 2.19 bits per heavy atom. The Balaban J connectivity index is 1.61. The van der Waals surface area contributed by atoms with Crippen molar-refractivity contribution >= 4 is 22.8 Å². The van der Waals surface area contributed by atoms with E-state index in [1.165, 1.54) is 18.0 Å². The molecule has 2 atom stereocenters. The van der Waals surface area contributed by atoms with Crippen LogP contribution in [-0.2, 0) is 9.53 Å². The van der Waals surface area contributed by atoms with Gasteiger partial charge in [-0.05, 0) is 30.4 Å². The first-order chi connectivity index (χ1) is 12.7. The van der Waals surface area contributed by atoms with E-state index < -0.39 is 6.10 Å². The largest absolute Gasteiger partial charge is 0.389 e. The lowest BCUT2D eigenvalue weighted by atomic mass is 9.92. The van der Waals surface area contributed by atoms with Gasteiger partial charge < -0.3 is 25.0 Å². The molecule has 0 aromatic carbocycles. The van der Waals surface area contributed by atoms with E-state index in [9.17, 15) is 9.90 Å². The van der Waals surface area contributed by atoms with Crippen LogP contribution in [0.25, 0.3) is 11.0 Å². The summed E-state index contributed by atoms with van der Waals surface area (Å²) in [6.07, 6.45) is 6.05. The van der Waals surface area contributed by atoms with Crippen molar-refractivity contribution in [3.8, 4) is 0 Å². The average molecular weight is 357 g/mol. The highest BCUT2D eigenvalue weighted by Crippen LogP contribution is 2.35. The monoisotopic (exact) mass is 357 g/mol. The molecular formula is C18H23N5O3. The first kappa shape index (κ1) is 17.0. The number of ether oxygens (including phenoxy) is 1. The van der Waals surface area contributed by atoms with Crippen molar-refractivity contribution in [2.45, 2.75) is 30.9 Å². The number of hydrogen-bond acceptors (Lipinski definition) is 6. The molecule has 2 aromatic heterocycles. The number of aromatic amines is 1. The van der Waals surface area contributed by atoms with Crippen LogP contribution in [0, 0.1) is 0 Å². The summed E-state index contributed by atoms with van der Waals surface area (Å²) in [5, 5.41) is 14.6. The number of rotatable bonds is 4. The molecule has 0 unspecified atom stereocenters. The van der Waals surface area contributed by atoms with E-state index in [0.717, 1.165) is 37.1 Å². The fraction of sp³-hybridized carbons (Fsp3) is 0.500. The van der Waals surface area contributed by atoms with E-state index in [0.29, 0.717) is 18.3 Å². The number of aliphatic hydroxyl groups excluding tert-OH is 1. The van der Waals surface area contributed by atoms with Gasteiger partial charge in [-0.1, -0.05) is 6.58 Å². The molecule has 4 rings (SSSR count). The first-order valence-electron chi connectivity index (χ1n) is 8.93. The fourth-order valence-corrected chi connectivity index (χ4v) is 3.84. The smallest absolute Gasteiger partial charge is 0.246 e. The molecule has 1 amide bonds. The van der Waals surface area contributed by atoms with Crippen LogP contribution in [0.2, 0.25) is 0 Å². The van der Waals surface area contributed by atoms with E-state index in [4.69, 9.17) is 4.74 Å². The number of β-amino-alcohol motifs (C(OH)–C–C–N with tert-alkyl or cyclic N) is 1. The number of likely N-dealkylation sites (tertiary alicyclic amines) is 1. The molecule has 0 spiro atoms. The summed E-state index contributed by atoms with van der Waals surface area (Å²) in [6, 6.07) is -0.283. The Labute approximate surface area is 151 Å². The highest BCUT2D eigenvalue weighted by molar-refractivity contribution is 5.91.